The fraction of sp³-hybridized carbons (Fsp3) is 0.357. The molecule has 20 heavy (non-hydrogen) atoms. The first-order chi connectivity index (χ1) is 9.56. The highest BCUT2D eigenvalue weighted by Crippen LogP contribution is 2.11. The summed E-state index contributed by atoms with van der Waals surface area (Å²) in [5.41, 5.74) is 0.634. The Bertz CT molecular complexity index is 515. The van der Waals surface area contributed by atoms with Crippen LogP contribution in [-0.2, 0) is 19.1 Å². The van der Waals surface area contributed by atoms with Gasteiger partial charge in [0.05, 0.1) is 0 Å². The summed E-state index contributed by atoms with van der Waals surface area (Å²) in [6, 6.07) is 8.25. The molecule has 6 nitrogen and oxygen atoms in total. The molecule has 0 spiro atoms. The molecule has 1 aromatic rings. The van der Waals surface area contributed by atoms with Gasteiger partial charge < -0.3 is 15.4 Å². The Morgan fingerprint density at radius 3 is 2.65 bits per heavy atom. The van der Waals surface area contributed by atoms with Crippen LogP contribution in [0.3, 0.4) is 0 Å². The lowest BCUT2D eigenvalue weighted by atomic mass is 10.2. The summed E-state index contributed by atoms with van der Waals surface area (Å²) < 4.78 is 5.05. The minimum Gasteiger partial charge on any atom is -0.451 e. The number of esters is 1. The van der Waals surface area contributed by atoms with Crippen LogP contribution in [0, 0.1) is 0 Å². The van der Waals surface area contributed by atoms with Crippen molar-refractivity contribution < 1.29 is 19.1 Å². The lowest BCUT2D eigenvalue weighted by molar-refractivity contribution is -0.155. The summed E-state index contributed by atoms with van der Waals surface area (Å²) in [6.45, 7) is 1.49. The smallest absolute Gasteiger partial charge is 0.329 e. The van der Waals surface area contributed by atoms with Crippen LogP contribution in [0.4, 0.5) is 5.69 Å². The lowest BCUT2D eigenvalue weighted by Crippen LogP contribution is -2.39. The molecule has 0 aromatic heterocycles. The molecule has 0 unspecified atom stereocenters. The van der Waals surface area contributed by atoms with Crippen LogP contribution in [0.5, 0.6) is 0 Å². The maximum atomic E-state index is 11.9. The number of benzene rings is 1. The van der Waals surface area contributed by atoms with Gasteiger partial charge in [0.15, 0.2) is 6.10 Å². The van der Waals surface area contributed by atoms with E-state index < -0.39 is 24.0 Å². The number of anilines is 1. The topological polar surface area (TPSA) is 84.5 Å². The Morgan fingerprint density at radius 2 is 2.05 bits per heavy atom. The Hall–Kier alpha value is -2.37. The van der Waals surface area contributed by atoms with Gasteiger partial charge >= 0.3 is 5.97 Å². The first-order valence-electron chi connectivity index (χ1n) is 6.42. The molecule has 1 aromatic carbocycles. The quantitative estimate of drug-likeness (QED) is 0.798. The van der Waals surface area contributed by atoms with Crippen molar-refractivity contribution in [3.63, 3.8) is 0 Å². The molecule has 0 saturated carbocycles. The Balaban J connectivity index is 1.85. The summed E-state index contributed by atoms with van der Waals surface area (Å²) in [5.74, 6) is -1.16. The normalized spacial score (nSPS) is 19.1. The fourth-order valence-corrected chi connectivity index (χ4v) is 1.87. The zero-order valence-electron chi connectivity index (χ0n) is 11.1. The summed E-state index contributed by atoms with van der Waals surface area (Å²) in [5, 5.41) is 5.15. The summed E-state index contributed by atoms with van der Waals surface area (Å²) in [7, 11) is 0. The molecular weight excluding hydrogens is 260 g/mol. The monoisotopic (exact) mass is 276 g/mol. The molecule has 0 bridgehead atoms. The van der Waals surface area contributed by atoms with Gasteiger partial charge in [-0.25, -0.2) is 4.79 Å². The first kappa shape index (κ1) is 14.0. The number of para-hydroxylation sites is 1. The summed E-state index contributed by atoms with van der Waals surface area (Å²) in [4.78, 5) is 34.6. The minimum absolute atomic E-state index is 0.173. The van der Waals surface area contributed by atoms with Crippen molar-refractivity contribution in [2.24, 2.45) is 0 Å². The summed E-state index contributed by atoms with van der Waals surface area (Å²) in [6.07, 6.45) is -0.199. The molecule has 1 aliphatic heterocycles. The van der Waals surface area contributed by atoms with E-state index in [0.717, 1.165) is 0 Å². The third-order valence-corrected chi connectivity index (χ3v) is 2.98. The van der Waals surface area contributed by atoms with Crippen LogP contribution in [0.25, 0.3) is 0 Å². The molecule has 2 N–H and O–H groups in total. The van der Waals surface area contributed by atoms with Gasteiger partial charge in [0, 0.05) is 12.1 Å². The molecule has 1 fully saturated rings. The predicted molar refractivity (Wildman–Crippen MR) is 71.8 cm³/mol. The van der Waals surface area contributed by atoms with Gasteiger partial charge in [0.2, 0.25) is 5.91 Å². The second kappa shape index (κ2) is 6.18. The number of hydrogen-bond acceptors (Lipinski definition) is 4. The molecule has 0 aliphatic carbocycles. The van der Waals surface area contributed by atoms with E-state index in [1.165, 1.54) is 6.92 Å². The van der Waals surface area contributed by atoms with Gasteiger partial charge in [0.25, 0.3) is 5.91 Å². The number of carbonyl (C=O) groups is 3. The van der Waals surface area contributed by atoms with Gasteiger partial charge in [-0.1, -0.05) is 18.2 Å². The molecule has 2 amide bonds. The van der Waals surface area contributed by atoms with Crippen LogP contribution in [0.1, 0.15) is 19.8 Å². The molecular formula is C14H16N2O4. The number of nitrogens with one attached hydrogen (secondary N) is 2. The number of hydrogen-bond donors (Lipinski definition) is 2. The highest BCUT2D eigenvalue weighted by Gasteiger charge is 2.30. The van der Waals surface area contributed by atoms with Crippen molar-refractivity contribution in [1.82, 2.24) is 5.32 Å². The van der Waals surface area contributed by atoms with Gasteiger partial charge in [-0.15, -0.1) is 0 Å². The lowest BCUT2D eigenvalue weighted by Gasteiger charge is -2.16. The zero-order chi connectivity index (χ0) is 14.5. The van der Waals surface area contributed by atoms with Gasteiger partial charge in [-0.3, -0.25) is 9.59 Å². The SMILES string of the molecule is C[C@H](OC(=O)[C@@H]1CCC(=O)N1)C(=O)Nc1ccccc1. The molecule has 6 heteroatoms. The average molecular weight is 276 g/mol. The van der Waals surface area contributed by atoms with E-state index in [4.69, 9.17) is 4.74 Å². The molecule has 2 atom stereocenters. The number of amides is 2. The molecule has 0 radical (unpaired) electrons. The van der Waals surface area contributed by atoms with E-state index >= 15 is 0 Å². The van der Waals surface area contributed by atoms with E-state index in [2.05, 4.69) is 10.6 Å². The van der Waals surface area contributed by atoms with Gasteiger partial charge in [0.1, 0.15) is 6.04 Å². The zero-order valence-corrected chi connectivity index (χ0v) is 11.1. The van der Waals surface area contributed by atoms with Crippen molar-refractivity contribution in [3.8, 4) is 0 Å². The number of carbonyl (C=O) groups excluding carboxylic acids is 3. The van der Waals surface area contributed by atoms with Crippen molar-refractivity contribution in [2.45, 2.75) is 31.9 Å². The van der Waals surface area contributed by atoms with E-state index in [1.807, 2.05) is 6.07 Å². The average Bonchev–Trinajstić information content (AvgIpc) is 2.86. The number of ether oxygens (including phenoxy) is 1. The standard InChI is InChI=1S/C14H16N2O4/c1-9(13(18)15-10-5-3-2-4-6-10)20-14(19)11-7-8-12(17)16-11/h2-6,9,11H,7-8H2,1H3,(H,15,18)(H,16,17)/t9-,11-/m0/s1. The molecule has 1 saturated heterocycles. The van der Waals surface area contributed by atoms with Crippen LogP contribution in [-0.4, -0.2) is 29.9 Å². The minimum atomic E-state index is -0.916. The highest BCUT2D eigenvalue weighted by atomic mass is 16.5. The van der Waals surface area contributed by atoms with Crippen molar-refractivity contribution in [1.29, 1.82) is 0 Å². The second-order valence-electron chi connectivity index (χ2n) is 4.59. The van der Waals surface area contributed by atoms with Crippen LogP contribution < -0.4 is 10.6 Å². The molecule has 1 heterocycles. The Kier molecular flexibility index (Phi) is 4.34. The third-order valence-electron chi connectivity index (χ3n) is 2.98. The van der Waals surface area contributed by atoms with Crippen molar-refractivity contribution in [2.75, 3.05) is 5.32 Å². The molecule has 106 valence electrons. The van der Waals surface area contributed by atoms with Gasteiger partial charge in [-0.2, -0.15) is 0 Å². The van der Waals surface area contributed by atoms with Crippen molar-refractivity contribution in [3.05, 3.63) is 30.3 Å². The van der Waals surface area contributed by atoms with E-state index in [9.17, 15) is 14.4 Å². The van der Waals surface area contributed by atoms with E-state index in [-0.39, 0.29) is 5.91 Å². The largest absolute Gasteiger partial charge is 0.451 e. The van der Waals surface area contributed by atoms with E-state index in [0.29, 0.717) is 18.5 Å². The number of rotatable bonds is 4. The maximum absolute atomic E-state index is 11.9. The highest BCUT2D eigenvalue weighted by molar-refractivity contribution is 5.96. The van der Waals surface area contributed by atoms with Crippen LogP contribution in [0.2, 0.25) is 0 Å². The molecule has 1 aliphatic rings. The third kappa shape index (κ3) is 3.57. The first-order valence-corrected chi connectivity index (χ1v) is 6.42. The van der Waals surface area contributed by atoms with Crippen LogP contribution in [0.15, 0.2) is 30.3 Å². The van der Waals surface area contributed by atoms with Gasteiger partial charge in [-0.05, 0) is 25.5 Å². The van der Waals surface area contributed by atoms with Crippen molar-refractivity contribution >= 4 is 23.5 Å². The fourth-order valence-electron chi connectivity index (χ4n) is 1.87. The Labute approximate surface area is 116 Å². The maximum Gasteiger partial charge on any atom is 0.329 e. The van der Waals surface area contributed by atoms with Crippen LogP contribution >= 0.6 is 0 Å². The van der Waals surface area contributed by atoms with E-state index in [1.54, 1.807) is 24.3 Å². The summed E-state index contributed by atoms with van der Waals surface area (Å²) >= 11 is 0. The Morgan fingerprint density at radius 1 is 1.35 bits per heavy atom. The molecule has 2 rings (SSSR count). The predicted octanol–water partition coefficient (Wildman–Crippen LogP) is 0.835. The second-order valence-corrected chi connectivity index (χ2v) is 4.59.